The Balaban J connectivity index is 1.85. The highest BCUT2D eigenvalue weighted by atomic mass is 16.2. The predicted molar refractivity (Wildman–Crippen MR) is 59.6 cm³/mol. The number of nitrogens with one attached hydrogen (secondary N) is 1. The number of nitrogens with zero attached hydrogens (tertiary/aromatic N) is 4. The van der Waals surface area contributed by atoms with Gasteiger partial charge in [0.05, 0.1) is 0 Å². The molecule has 0 bridgehead atoms. The summed E-state index contributed by atoms with van der Waals surface area (Å²) in [6, 6.07) is 5.63. The molecule has 0 unspecified atom stereocenters. The second kappa shape index (κ2) is 3.97. The SMILES string of the molecule is O=C(NC1CC1)c1cccc(-n2cnnc2)n1. The van der Waals surface area contributed by atoms with Crippen molar-refractivity contribution in [3.8, 4) is 5.82 Å². The molecule has 6 heteroatoms. The third-order valence-electron chi connectivity index (χ3n) is 2.56. The lowest BCUT2D eigenvalue weighted by Crippen LogP contribution is -2.26. The maximum atomic E-state index is 11.8. The van der Waals surface area contributed by atoms with Gasteiger partial charge in [-0.1, -0.05) is 6.07 Å². The van der Waals surface area contributed by atoms with Crippen LogP contribution in [-0.4, -0.2) is 31.7 Å². The molecule has 1 saturated carbocycles. The number of aromatic nitrogens is 4. The van der Waals surface area contributed by atoms with E-state index in [4.69, 9.17) is 0 Å². The van der Waals surface area contributed by atoms with Crippen molar-refractivity contribution < 1.29 is 4.79 Å². The average Bonchev–Trinajstić information content (AvgIpc) is 3.00. The maximum Gasteiger partial charge on any atom is 0.270 e. The van der Waals surface area contributed by atoms with Gasteiger partial charge in [0, 0.05) is 6.04 Å². The average molecular weight is 229 g/mol. The van der Waals surface area contributed by atoms with E-state index in [1.807, 2.05) is 0 Å². The van der Waals surface area contributed by atoms with Crippen LogP contribution in [-0.2, 0) is 0 Å². The van der Waals surface area contributed by atoms with Crippen LogP contribution in [0.15, 0.2) is 30.9 Å². The molecule has 1 amide bonds. The summed E-state index contributed by atoms with van der Waals surface area (Å²) in [5, 5.41) is 10.3. The number of pyridine rings is 1. The molecule has 86 valence electrons. The van der Waals surface area contributed by atoms with E-state index in [9.17, 15) is 4.79 Å². The van der Waals surface area contributed by atoms with E-state index >= 15 is 0 Å². The Labute approximate surface area is 97.7 Å². The number of carbonyl (C=O) groups excluding carboxylic acids is 1. The van der Waals surface area contributed by atoms with Crippen molar-refractivity contribution in [3.05, 3.63) is 36.5 Å². The van der Waals surface area contributed by atoms with Crippen LogP contribution in [0.4, 0.5) is 0 Å². The Morgan fingerprint density at radius 2 is 2.06 bits per heavy atom. The largest absolute Gasteiger partial charge is 0.348 e. The highest BCUT2D eigenvalue weighted by Crippen LogP contribution is 2.19. The van der Waals surface area contributed by atoms with Crippen molar-refractivity contribution >= 4 is 5.91 Å². The fraction of sp³-hybridized carbons (Fsp3) is 0.273. The Kier molecular flexibility index (Phi) is 2.32. The maximum absolute atomic E-state index is 11.8. The standard InChI is InChI=1S/C11H11N5O/c17-11(14-8-4-5-8)9-2-1-3-10(15-9)16-6-12-13-7-16/h1-3,6-8H,4-5H2,(H,14,17). The molecule has 0 spiro atoms. The first-order valence-electron chi connectivity index (χ1n) is 5.46. The van der Waals surface area contributed by atoms with Crippen LogP contribution in [0.25, 0.3) is 5.82 Å². The molecule has 0 aliphatic heterocycles. The summed E-state index contributed by atoms with van der Waals surface area (Å²) >= 11 is 0. The molecule has 1 fully saturated rings. The van der Waals surface area contributed by atoms with Gasteiger partial charge in [-0.05, 0) is 25.0 Å². The van der Waals surface area contributed by atoms with E-state index in [1.165, 1.54) is 0 Å². The molecule has 17 heavy (non-hydrogen) atoms. The topological polar surface area (TPSA) is 72.7 Å². The van der Waals surface area contributed by atoms with E-state index in [0.717, 1.165) is 12.8 Å². The van der Waals surface area contributed by atoms with Gasteiger partial charge in [-0.2, -0.15) is 0 Å². The van der Waals surface area contributed by atoms with Gasteiger partial charge >= 0.3 is 0 Å². The molecular formula is C11H11N5O. The number of hydrogen-bond acceptors (Lipinski definition) is 4. The van der Waals surface area contributed by atoms with Gasteiger partial charge in [0.25, 0.3) is 5.91 Å². The molecule has 1 aliphatic carbocycles. The molecule has 0 atom stereocenters. The van der Waals surface area contributed by atoms with E-state index in [2.05, 4.69) is 20.5 Å². The van der Waals surface area contributed by atoms with Crippen LogP contribution in [0.2, 0.25) is 0 Å². The quantitative estimate of drug-likeness (QED) is 0.834. The second-order valence-corrected chi connectivity index (χ2v) is 4.00. The van der Waals surface area contributed by atoms with Gasteiger partial charge in [-0.25, -0.2) is 4.98 Å². The fourth-order valence-corrected chi connectivity index (χ4v) is 1.50. The Hall–Kier alpha value is -2.24. The van der Waals surface area contributed by atoms with Crippen molar-refractivity contribution in [1.82, 2.24) is 25.1 Å². The molecule has 3 rings (SSSR count). The molecule has 1 N–H and O–H groups in total. The first kappa shape index (κ1) is 9.95. The van der Waals surface area contributed by atoms with Crippen molar-refractivity contribution in [1.29, 1.82) is 0 Å². The first-order chi connectivity index (χ1) is 8.33. The van der Waals surface area contributed by atoms with Crippen LogP contribution >= 0.6 is 0 Å². The Bertz CT molecular complexity index is 533. The molecule has 0 radical (unpaired) electrons. The van der Waals surface area contributed by atoms with Crippen molar-refractivity contribution in [2.45, 2.75) is 18.9 Å². The van der Waals surface area contributed by atoms with Crippen LogP contribution in [0.1, 0.15) is 23.3 Å². The summed E-state index contributed by atoms with van der Waals surface area (Å²) in [7, 11) is 0. The normalized spacial score (nSPS) is 14.6. The number of hydrogen-bond donors (Lipinski definition) is 1. The van der Waals surface area contributed by atoms with Gasteiger partial charge in [-0.15, -0.1) is 10.2 Å². The highest BCUT2D eigenvalue weighted by Gasteiger charge is 2.24. The zero-order chi connectivity index (χ0) is 11.7. The van der Waals surface area contributed by atoms with E-state index < -0.39 is 0 Å². The van der Waals surface area contributed by atoms with Crippen LogP contribution in [0.5, 0.6) is 0 Å². The van der Waals surface area contributed by atoms with Crippen LogP contribution in [0, 0.1) is 0 Å². The number of carbonyl (C=O) groups is 1. The molecule has 6 nitrogen and oxygen atoms in total. The van der Waals surface area contributed by atoms with Gasteiger partial charge < -0.3 is 5.32 Å². The first-order valence-corrected chi connectivity index (χ1v) is 5.46. The van der Waals surface area contributed by atoms with E-state index in [-0.39, 0.29) is 5.91 Å². The van der Waals surface area contributed by atoms with E-state index in [1.54, 1.807) is 35.4 Å². The molecule has 0 saturated heterocycles. The Morgan fingerprint density at radius 3 is 2.76 bits per heavy atom. The minimum Gasteiger partial charge on any atom is -0.348 e. The van der Waals surface area contributed by atoms with Gasteiger partial charge in [0.2, 0.25) is 0 Å². The lowest BCUT2D eigenvalue weighted by atomic mass is 10.3. The third-order valence-corrected chi connectivity index (χ3v) is 2.56. The summed E-state index contributed by atoms with van der Waals surface area (Å²) in [6.07, 6.45) is 5.23. The second-order valence-electron chi connectivity index (χ2n) is 4.00. The van der Waals surface area contributed by atoms with Crippen LogP contribution < -0.4 is 5.32 Å². The lowest BCUT2D eigenvalue weighted by Gasteiger charge is -2.04. The van der Waals surface area contributed by atoms with Gasteiger partial charge in [-0.3, -0.25) is 9.36 Å². The molecule has 2 aromatic rings. The molecular weight excluding hydrogens is 218 g/mol. The third kappa shape index (κ3) is 2.15. The Morgan fingerprint density at radius 1 is 1.29 bits per heavy atom. The molecule has 2 heterocycles. The number of rotatable bonds is 3. The van der Waals surface area contributed by atoms with Gasteiger partial charge in [0.15, 0.2) is 0 Å². The van der Waals surface area contributed by atoms with Gasteiger partial charge in [0.1, 0.15) is 24.2 Å². The molecule has 1 aliphatic rings. The summed E-state index contributed by atoms with van der Waals surface area (Å²) in [4.78, 5) is 16.1. The van der Waals surface area contributed by atoms with Crippen molar-refractivity contribution in [2.24, 2.45) is 0 Å². The smallest absolute Gasteiger partial charge is 0.270 e. The highest BCUT2D eigenvalue weighted by molar-refractivity contribution is 5.92. The zero-order valence-electron chi connectivity index (χ0n) is 9.08. The molecule has 2 aromatic heterocycles. The molecule has 0 aromatic carbocycles. The van der Waals surface area contributed by atoms with Crippen molar-refractivity contribution in [3.63, 3.8) is 0 Å². The number of amides is 1. The summed E-state index contributed by atoms with van der Waals surface area (Å²) in [5.41, 5.74) is 0.420. The summed E-state index contributed by atoms with van der Waals surface area (Å²) in [6.45, 7) is 0. The minimum atomic E-state index is -0.123. The summed E-state index contributed by atoms with van der Waals surface area (Å²) < 4.78 is 1.66. The lowest BCUT2D eigenvalue weighted by molar-refractivity contribution is 0.0946. The van der Waals surface area contributed by atoms with Crippen molar-refractivity contribution in [2.75, 3.05) is 0 Å². The fourth-order valence-electron chi connectivity index (χ4n) is 1.50. The monoisotopic (exact) mass is 229 g/mol. The zero-order valence-corrected chi connectivity index (χ0v) is 9.08. The van der Waals surface area contributed by atoms with E-state index in [0.29, 0.717) is 17.6 Å². The minimum absolute atomic E-state index is 0.123. The summed E-state index contributed by atoms with van der Waals surface area (Å²) in [5.74, 6) is 0.515. The van der Waals surface area contributed by atoms with Crippen LogP contribution in [0.3, 0.4) is 0 Å². The predicted octanol–water partition coefficient (Wildman–Crippen LogP) is 0.554.